The average molecular weight is 264 g/mol. The van der Waals surface area contributed by atoms with E-state index in [-0.39, 0.29) is 5.41 Å². The average Bonchev–Trinajstić information content (AvgIpc) is 2.56. The van der Waals surface area contributed by atoms with E-state index >= 15 is 0 Å². The highest BCUT2D eigenvalue weighted by Crippen LogP contribution is 2.27. The first-order valence-corrected chi connectivity index (χ1v) is 6.67. The van der Waals surface area contributed by atoms with Crippen LogP contribution in [0, 0.1) is 10.2 Å². The molecule has 1 aromatic carbocycles. The Hall–Kier alpha value is -1.29. The first kappa shape index (κ1) is 13.1. The van der Waals surface area contributed by atoms with E-state index in [1.165, 1.54) is 0 Å². The van der Waals surface area contributed by atoms with Gasteiger partial charge in [-0.25, -0.2) is 0 Å². The molecular formula is C14H20N2OS. The Morgan fingerprint density at radius 1 is 1.33 bits per heavy atom. The molecule has 0 fully saturated rings. The van der Waals surface area contributed by atoms with Crippen molar-refractivity contribution in [2.24, 2.45) is 5.41 Å². The van der Waals surface area contributed by atoms with Crippen LogP contribution >= 0.6 is 12.2 Å². The number of aromatic nitrogens is 2. The number of benzene rings is 1. The zero-order valence-corrected chi connectivity index (χ0v) is 12.2. The zero-order chi connectivity index (χ0) is 13.3. The van der Waals surface area contributed by atoms with E-state index in [2.05, 4.69) is 36.4 Å². The van der Waals surface area contributed by atoms with Crippen LogP contribution in [0.1, 0.15) is 27.7 Å². The summed E-state index contributed by atoms with van der Waals surface area (Å²) in [6.45, 7) is 10.2. The van der Waals surface area contributed by atoms with Crippen LogP contribution in [0.15, 0.2) is 18.2 Å². The summed E-state index contributed by atoms with van der Waals surface area (Å²) in [5, 5.41) is 0. The van der Waals surface area contributed by atoms with Gasteiger partial charge in [0.2, 0.25) is 0 Å². The molecule has 0 aliphatic heterocycles. The Morgan fingerprint density at radius 2 is 2.06 bits per heavy atom. The quantitative estimate of drug-likeness (QED) is 0.844. The summed E-state index contributed by atoms with van der Waals surface area (Å²) in [6.07, 6.45) is 0. The molecule has 3 nitrogen and oxygen atoms in total. The number of ether oxygens (including phenoxy) is 1. The minimum Gasteiger partial charge on any atom is -0.492 e. The number of imidazole rings is 1. The fourth-order valence-corrected chi connectivity index (χ4v) is 2.33. The van der Waals surface area contributed by atoms with Crippen LogP contribution in [0.5, 0.6) is 5.75 Å². The van der Waals surface area contributed by atoms with Gasteiger partial charge in [0, 0.05) is 6.54 Å². The standard InChI is InChI=1S/C14H20N2OS/c1-5-17-11-8-6-7-10-12(11)15-13(18)16(10)9-14(2,3)4/h6-8H,5,9H2,1-4H3,(H,15,18). The number of rotatable bonds is 3. The molecule has 1 heterocycles. The van der Waals surface area contributed by atoms with Crippen molar-refractivity contribution in [3.8, 4) is 5.75 Å². The third kappa shape index (κ3) is 2.58. The SMILES string of the molecule is CCOc1cccc2c1[nH]c(=S)n2CC(C)(C)C. The minimum absolute atomic E-state index is 0.189. The van der Waals surface area contributed by atoms with Crippen molar-refractivity contribution in [1.29, 1.82) is 0 Å². The van der Waals surface area contributed by atoms with Crippen molar-refractivity contribution in [1.82, 2.24) is 9.55 Å². The summed E-state index contributed by atoms with van der Waals surface area (Å²) in [6, 6.07) is 6.06. The second-order valence-corrected chi connectivity index (χ2v) is 6.05. The Morgan fingerprint density at radius 3 is 2.67 bits per heavy atom. The van der Waals surface area contributed by atoms with Gasteiger partial charge < -0.3 is 14.3 Å². The molecule has 0 saturated carbocycles. The fraction of sp³-hybridized carbons (Fsp3) is 0.500. The first-order valence-electron chi connectivity index (χ1n) is 6.27. The van der Waals surface area contributed by atoms with Crippen molar-refractivity contribution in [3.05, 3.63) is 23.0 Å². The summed E-state index contributed by atoms with van der Waals surface area (Å²) in [4.78, 5) is 3.26. The van der Waals surface area contributed by atoms with E-state index in [0.717, 1.165) is 28.1 Å². The molecule has 0 amide bonds. The third-order valence-electron chi connectivity index (χ3n) is 2.70. The highest BCUT2D eigenvalue weighted by atomic mass is 32.1. The topological polar surface area (TPSA) is 29.9 Å². The lowest BCUT2D eigenvalue weighted by atomic mass is 9.97. The predicted molar refractivity (Wildman–Crippen MR) is 77.7 cm³/mol. The van der Waals surface area contributed by atoms with E-state index in [1.54, 1.807) is 0 Å². The van der Waals surface area contributed by atoms with E-state index < -0.39 is 0 Å². The maximum atomic E-state index is 5.63. The number of nitrogens with zero attached hydrogens (tertiary/aromatic N) is 1. The largest absolute Gasteiger partial charge is 0.492 e. The zero-order valence-electron chi connectivity index (χ0n) is 11.4. The van der Waals surface area contributed by atoms with Gasteiger partial charge in [0.1, 0.15) is 11.3 Å². The summed E-state index contributed by atoms with van der Waals surface area (Å²) in [5.41, 5.74) is 2.30. The van der Waals surface area contributed by atoms with Gasteiger partial charge in [0.15, 0.2) is 4.77 Å². The summed E-state index contributed by atoms with van der Waals surface area (Å²) < 4.78 is 8.53. The molecule has 98 valence electrons. The van der Waals surface area contributed by atoms with Crippen molar-refractivity contribution < 1.29 is 4.74 Å². The Labute approximate surface area is 113 Å². The number of nitrogens with one attached hydrogen (secondary N) is 1. The number of hydrogen-bond donors (Lipinski definition) is 1. The minimum atomic E-state index is 0.189. The highest BCUT2D eigenvalue weighted by molar-refractivity contribution is 7.71. The van der Waals surface area contributed by atoms with Crippen LogP contribution < -0.4 is 4.74 Å². The van der Waals surface area contributed by atoms with Gasteiger partial charge in [-0.2, -0.15) is 0 Å². The molecule has 2 rings (SSSR count). The van der Waals surface area contributed by atoms with E-state index in [0.29, 0.717) is 6.61 Å². The van der Waals surface area contributed by atoms with E-state index in [4.69, 9.17) is 17.0 Å². The monoisotopic (exact) mass is 264 g/mol. The fourth-order valence-electron chi connectivity index (χ4n) is 2.06. The second kappa shape index (κ2) is 4.76. The van der Waals surface area contributed by atoms with Crippen molar-refractivity contribution in [2.75, 3.05) is 6.61 Å². The van der Waals surface area contributed by atoms with Gasteiger partial charge in [-0.3, -0.25) is 0 Å². The number of H-pyrrole nitrogens is 1. The molecule has 0 aliphatic carbocycles. The third-order valence-corrected chi connectivity index (χ3v) is 3.03. The molecule has 0 radical (unpaired) electrons. The maximum Gasteiger partial charge on any atom is 0.178 e. The number of fused-ring (bicyclic) bond motifs is 1. The van der Waals surface area contributed by atoms with Gasteiger partial charge in [0.05, 0.1) is 12.1 Å². The molecule has 0 spiro atoms. The molecule has 0 atom stereocenters. The van der Waals surface area contributed by atoms with Gasteiger partial charge in [0.25, 0.3) is 0 Å². The van der Waals surface area contributed by atoms with Crippen molar-refractivity contribution in [2.45, 2.75) is 34.2 Å². The molecule has 1 N–H and O–H groups in total. The Balaban J connectivity index is 2.58. The molecule has 1 aromatic heterocycles. The normalized spacial score (nSPS) is 12.0. The van der Waals surface area contributed by atoms with Crippen LogP contribution in [0.25, 0.3) is 11.0 Å². The van der Waals surface area contributed by atoms with Gasteiger partial charge in [-0.05, 0) is 36.7 Å². The number of hydrogen-bond acceptors (Lipinski definition) is 2. The smallest absolute Gasteiger partial charge is 0.178 e. The number of aromatic amines is 1. The molecule has 0 bridgehead atoms. The Kier molecular flexibility index (Phi) is 3.48. The van der Waals surface area contributed by atoms with Crippen LogP contribution in [-0.2, 0) is 6.54 Å². The summed E-state index contributed by atoms with van der Waals surface area (Å²) in [5.74, 6) is 0.869. The van der Waals surface area contributed by atoms with Crippen molar-refractivity contribution >= 4 is 23.3 Å². The second-order valence-electron chi connectivity index (χ2n) is 5.66. The van der Waals surface area contributed by atoms with Crippen LogP contribution in [-0.4, -0.2) is 16.2 Å². The molecular weight excluding hydrogens is 244 g/mol. The lowest BCUT2D eigenvalue weighted by Crippen LogP contribution is -2.15. The maximum absolute atomic E-state index is 5.63. The predicted octanol–water partition coefficient (Wildman–Crippen LogP) is 4.14. The summed E-state index contributed by atoms with van der Waals surface area (Å²) in [7, 11) is 0. The lowest BCUT2D eigenvalue weighted by Gasteiger charge is -2.19. The van der Waals surface area contributed by atoms with Crippen LogP contribution in [0.3, 0.4) is 0 Å². The molecule has 0 unspecified atom stereocenters. The lowest BCUT2D eigenvalue weighted by molar-refractivity contribution is 0.343. The van der Waals surface area contributed by atoms with Gasteiger partial charge in [-0.1, -0.05) is 26.8 Å². The summed E-state index contributed by atoms with van der Waals surface area (Å²) >= 11 is 5.42. The molecule has 0 aliphatic rings. The van der Waals surface area contributed by atoms with E-state index in [9.17, 15) is 0 Å². The van der Waals surface area contributed by atoms with Gasteiger partial charge >= 0.3 is 0 Å². The molecule has 2 aromatic rings. The van der Waals surface area contributed by atoms with Crippen LogP contribution in [0.2, 0.25) is 0 Å². The highest BCUT2D eigenvalue weighted by Gasteiger charge is 2.15. The van der Waals surface area contributed by atoms with E-state index in [1.807, 2.05) is 19.1 Å². The van der Waals surface area contributed by atoms with Crippen molar-refractivity contribution in [3.63, 3.8) is 0 Å². The molecule has 4 heteroatoms. The molecule has 18 heavy (non-hydrogen) atoms. The molecule has 0 saturated heterocycles. The van der Waals surface area contributed by atoms with Gasteiger partial charge in [-0.15, -0.1) is 0 Å². The first-order chi connectivity index (χ1) is 8.42. The van der Waals surface area contributed by atoms with Crippen LogP contribution in [0.4, 0.5) is 0 Å². The number of para-hydroxylation sites is 1. The Bertz CT molecular complexity index is 604.